The van der Waals surface area contributed by atoms with Crippen molar-refractivity contribution in [1.82, 2.24) is 30.6 Å². The topological polar surface area (TPSA) is 87.9 Å². The first-order chi connectivity index (χ1) is 26.9. The molecule has 4 aliphatic heterocycles. The average Bonchev–Trinajstić information content (AvgIpc) is 4.04. The Morgan fingerprint density at radius 2 is 1.11 bits per heavy atom. The lowest BCUT2D eigenvalue weighted by Gasteiger charge is -2.36. The molecule has 6 aromatic rings. The van der Waals surface area contributed by atoms with Gasteiger partial charge in [-0.25, -0.2) is 27.5 Å². The maximum Gasteiger partial charge on any atom is 0.151 e. The number of aromatic amines is 2. The van der Waals surface area contributed by atoms with E-state index in [0.717, 1.165) is 63.3 Å². The van der Waals surface area contributed by atoms with Crippen LogP contribution in [0.5, 0.6) is 0 Å². The highest BCUT2D eigenvalue weighted by Crippen LogP contribution is 2.50. The summed E-state index contributed by atoms with van der Waals surface area (Å²) in [5, 5.41) is 6.88. The van der Waals surface area contributed by atoms with Crippen molar-refractivity contribution in [2.75, 3.05) is 36.0 Å². The second kappa shape index (κ2) is 14.0. The van der Waals surface area contributed by atoms with Gasteiger partial charge < -0.3 is 30.4 Å². The summed E-state index contributed by atoms with van der Waals surface area (Å²) in [6.45, 7) is 2.83. The summed E-state index contributed by atoms with van der Waals surface area (Å²) in [4.78, 5) is 19.8. The highest BCUT2D eigenvalue weighted by molar-refractivity contribution is 5.78. The summed E-state index contributed by atoms with van der Waals surface area (Å²) < 4.78 is 65.4. The van der Waals surface area contributed by atoms with Crippen molar-refractivity contribution in [3.8, 4) is 0 Å². The number of aromatic nitrogens is 4. The van der Waals surface area contributed by atoms with Gasteiger partial charge in [-0.2, -0.15) is 0 Å². The van der Waals surface area contributed by atoms with Crippen LogP contribution in [0.15, 0.2) is 66.7 Å². The molecular formula is C43H44F4N8. The normalized spacial score (nSPS) is 23.6. The molecule has 4 N–H and O–H groups in total. The molecule has 12 heteroatoms. The quantitative estimate of drug-likeness (QED) is 0.122. The number of H-pyrrole nitrogens is 2. The maximum atomic E-state index is 16.4. The molecule has 55 heavy (non-hydrogen) atoms. The lowest BCUT2D eigenvalue weighted by Crippen LogP contribution is -2.34. The van der Waals surface area contributed by atoms with E-state index in [4.69, 9.17) is 9.97 Å². The summed E-state index contributed by atoms with van der Waals surface area (Å²) in [7, 11) is 0. The first kappa shape index (κ1) is 34.5. The SMILES string of the molecule is Fc1cc2nc([C@@H]3CCCN3)[nH]c2cc1[C@H]1CC[C@@H](c2cc3[nH]c([C@@H]4CCCN4)nc3cc2F)N1c1cc(F)c(N2CCC(c3ccccc3)CC2)c(F)c1. The second-order valence-corrected chi connectivity index (χ2v) is 15.8. The largest absolute Gasteiger partial charge is 0.367 e. The van der Waals surface area contributed by atoms with E-state index < -0.39 is 35.4 Å². The Hall–Kier alpha value is -4.94. The minimum atomic E-state index is -0.686. The molecule has 0 radical (unpaired) electrons. The smallest absolute Gasteiger partial charge is 0.151 e. The fourth-order valence-corrected chi connectivity index (χ4v) is 9.76. The van der Waals surface area contributed by atoms with Crippen molar-refractivity contribution in [1.29, 1.82) is 0 Å². The van der Waals surface area contributed by atoms with Gasteiger partial charge in [0.25, 0.3) is 0 Å². The molecule has 0 amide bonds. The molecule has 0 aliphatic carbocycles. The van der Waals surface area contributed by atoms with E-state index in [1.54, 1.807) is 17.0 Å². The molecule has 4 fully saturated rings. The zero-order valence-corrected chi connectivity index (χ0v) is 30.5. The van der Waals surface area contributed by atoms with Crippen LogP contribution >= 0.6 is 0 Å². The number of nitrogens with one attached hydrogen (secondary N) is 4. The van der Waals surface area contributed by atoms with Crippen molar-refractivity contribution in [3.05, 3.63) is 118 Å². The van der Waals surface area contributed by atoms with Gasteiger partial charge in [-0.15, -0.1) is 0 Å². The van der Waals surface area contributed by atoms with Crippen LogP contribution < -0.4 is 20.4 Å². The Labute approximate surface area is 316 Å². The van der Waals surface area contributed by atoms with Crippen molar-refractivity contribution >= 4 is 33.4 Å². The molecule has 4 aromatic carbocycles. The standard InChI is InChI=1S/C43H44F4N8/c44-29-22-37-35(50-42(52-37)33-8-4-14-48-33)20-27(29)39-10-11-40(28-21-36-38(23-30(28)45)53-43(51-36)34-9-5-15-49-34)55(39)26-18-31(46)41(32(47)19-26)54-16-12-25(13-17-54)24-6-2-1-3-7-24/h1-3,6-7,18-23,25,33-34,39-40,48-49H,4-5,8-17H2,(H,50,52)(H,51,53)/t33-,34-,39-,40+/m0/s1. The molecule has 2 aromatic heterocycles. The summed E-state index contributed by atoms with van der Waals surface area (Å²) >= 11 is 0. The molecule has 4 atom stereocenters. The average molecular weight is 749 g/mol. The Balaban J connectivity index is 1.03. The number of anilines is 2. The van der Waals surface area contributed by atoms with Gasteiger partial charge in [0.05, 0.1) is 46.2 Å². The molecule has 4 saturated heterocycles. The molecular weight excluding hydrogens is 705 g/mol. The predicted octanol–water partition coefficient (Wildman–Crippen LogP) is 9.31. The third kappa shape index (κ3) is 6.23. The monoisotopic (exact) mass is 748 g/mol. The molecule has 284 valence electrons. The third-order valence-corrected chi connectivity index (χ3v) is 12.5. The number of imidazole rings is 2. The molecule has 4 aliphatic rings. The molecule has 10 rings (SSSR count). The number of halogens is 4. The molecule has 0 bridgehead atoms. The van der Waals surface area contributed by atoms with E-state index in [9.17, 15) is 0 Å². The van der Waals surface area contributed by atoms with Crippen LogP contribution in [0.1, 0.15) is 110 Å². The summed E-state index contributed by atoms with van der Waals surface area (Å²) in [6, 6.07) is 18.2. The van der Waals surface area contributed by atoms with Crippen molar-refractivity contribution < 1.29 is 17.6 Å². The molecule has 8 nitrogen and oxygen atoms in total. The van der Waals surface area contributed by atoms with Gasteiger partial charge in [0.15, 0.2) is 11.6 Å². The van der Waals surface area contributed by atoms with Crippen LogP contribution in [0, 0.1) is 23.3 Å². The van der Waals surface area contributed by atoms with Gasteiger partial charge >= 0.3 is 0 Å². The fraction of sp³-hybridized carbons (Fsp3) is 0.395. The number of fused-ring (bicyclic) bond motifs is 2. The molecule has 0 unspecified atom stereocenters. The molecule has 6 heterocycles. The van der Waals surface area contributed by atoms with Crippen LogP contribution in [-0.2, 0) is 0 Å². The number of piperidine rings is 1. The van der Waals surface area contributed by atoms with Crippen molar-refractivity contribution in [2.45, 2.75) is 81.5 Å². The van der Waals surface area contributed by atoms with Gasteiger partial charge in [0, 0.05) is 42.0 Å². The van der Waals surface area contributed by atoms with E-state index in [1.165, 1.54) is 29.8 Å². The van der Waals surface area contributed by atoms with Gasteiger partial charge in [0.1, 0.15) is 29.0 Å². The molecule has 0 saturated carbocycles. The number of rotatable bonds is 7. The zero-order valence-electron chi connectivity index (χ0n) is 30.5. The van der Waals surface area contributed by atoms with Crippen LogP contribution in [-0.4, -0.2) is 46.1 Å². The summed E-state index contributed by atoms with van der Waals surface area (Å²) in [5.41, 5.74) is 4.58. The molecule has 0 spiro atoms. The zero-order chi connectivity index (χ0) is 37.2. The third-order valence-electron chi connectivity index (χ3n) is 12.5. The van der Waals surface area contributed by atoms with Crippen LogP contribution in [0.25, 0.3) is 22.1 Å². The van der Waals surface area contributed by atoms with Crippen molar-refractivity contribution in [3.63, 3.8) is 0 Å². The number of nitrogens with zero attached hydrogens (tertiary/aromatic N) is 4. The minimum Gasteiger partial charge on any atom is -0.367 e. The van der Waals surface area contributed by atoms with Crippen LogP contribution in [0.3, 0.4) is 0 Å². The second-order valence-electron chi connectivity index (χ2n) is 15.8. The van der Waals surface area contributed by atoms with E-state index >= 15 is 17.6 Å². The predicted molar refractivity (Wildman–Crippen MR) is 206 cm³/mol. The first-order valence-electron chi connectivity index (χ1n) is 19.8. The number of hydrogen-bond donors (Lipinski definition) is 4. The number of benzene rings is 4. The van der Waals surface area contributed by atoms with E-state index in [0.29, 0.717) is 65.0 Å². The highest BCUT2D eigenvalue weighted by Gasteiger charge is 2.40. The fourth-order valence-electron chi connectivity index (χ4n) is 9.76. The summed E-state index contributed by atoms with van der Waals surface area (Å²) in [5.74, 6) is -0.438. The van der Waals surface area contributed by atoms with Crippen LogP contribution in [0.4, 0.5) is 28.9 Å². The lowest BCUT2D eigenvalue weighted by atomic mass is 9.89. The van der Waals surface area contributed by atoms with Gasteiger partial charge in [-0.05, 0) is 100 Å². The van der Waals surface area contributed by atoms with E-state index in [2.05, 4.69) is 32.7 Å². The first-order valence-corrected chi connectivity index (χ1v) is 19.8. The maximum absolute atomic E-state index is 16.4. The van der Waals surface area contributed by atoms with Crippen molar-refractivity contribution in [2.24, 2.45) is 0 Å². The Morgan fingerprint density at radius 1 is 0.582 bits per heavy atom. The van der Waals surface area contributed by atoms with Gasteiger partial charge in [0.2, 0.25) is 0 Å². The summed E-state index contributed by atoms with van der Waals surface area (Å²) in [6.07, 6.45) is 6.40. The Morgan fingerprint density at radius 3 is 1.60 bits per heavy atom. The highest BCUT2D eigenvalue weighted by atomic mass is 19.1. The Bertz CT molecular complexity index is 2220. The van der Waals surface area contributed by atoms with Gasteiger partial charge in [-0.1, -0.05) is 30.3 Å². The lowest BCUT2D eigenvalue weighted by molar-refractivity contribution is 0.485. The van der Waals surface area contributed by atoms with E-state index in [-0.39, 0.29) is 23.5 Å². The Kier molecular flexibility index (Phi) is 8.77. The number of hydrogen-bond acceptors (Lipinski definition) is 6. The van der Waals surface area contributed by atoms with Gasteiger partial charge in [-0.3, -0.25) is 0 Å². The minimum absolute atomic E-state index is 0.0567. The van der Waals surface area contributed by atoms with E-state index in [1.807, 2.05) is 23.1 Å². The van der Waals surface area contributed by atoms with Crippen LogP contribution in [0.2, 0.25) is 0 Å².